The van der Waals surface area contributed by atoms with E-state index in [1.165, 1.54) is 0 Å². The van der Waals surface area contributed by atoms with Gasteiger partial charge < -0.3 is 43.0 Å². The van der Waals surface area contributed by atoms with Gasteiger partial charge in [0.2, 0.25) is 0 Å². The van der Waals surface area contributed by atoms with E-state index in [0.29, 0.717) is 25.4 Å². The number of aliphatic hydroxyl groups is 1. The van der Waals surface area contributed by atoms with Crippen LogP contribution in [0, 0.1) is 0 Å². The van der Waals surface area contributed by atoms with Gasteiger partial charge in [-0.05, 0) is 35.7 Å². The van der Waals surface area contributed by atoms with Crippen molar-refractivity contribution in [1.29, 1.82) is 0 Å². The molecular weight excluding hydrogens is 652 g/mol. The highest BCUT2D eigenvalue weighted by Gasteiger charge is 2.49. The van der Waals surface area contributed by atoms with E-state index in [9.17, 15) is 9.90 Å². The molecule has 1 N–H and O–H groups in total. The number of hydrogen-bond donors (Lipinski definition) is 1. The molecule has 0 unspecified atom stereocenters. The Kier molecular flexibility index (Phi) is 13.4. The van der Waals surface area contributed by atoms with Gasteiger partial charge >= 0.3 is 5.97 Å². The van der Waals surface area contributed by atoms with Gasteiger partial charge in [-0.15, -0.1) is 0 Å². The number of methoxy groups -OCH3 is 1. The van der Waals surface area contributed by atoms with E-state index in [1.807, 2.05) is 97.1 Å². The first kappa shape index (κ1) is 36.8. The fourth-order valence-electron chi connectivity index (χ4n) is 6.34. The van der Waals surface area contributed by atoms with Gasteiger partial charge in [-0.1, -0.05) is 109 Å². The highest BCUT2D eigenvalue weighted by molar-refractivity contribution is 5.89. The molecule has 6 rings (SSSR count). The average Bonchev–Trinajstić information content (AvgIpc) is 3.17. The highest BCUT2D eigenvalue weighted by atomic mass is 16.7. The third kappa shape index (κ3) is 10.1. The Balaban J connectivity index is 1.18. The minimum absolute atomic E-state index is 0.0362. The van der Waals surface area contributed by atoms with E-state index in [1.54, 1.807) is 38.3 Å². The molecule has 4 aromatic rings. The molecule has 4 aromatic carbocycles. The maximum atomic E-state index is 12.7. The van der Waals surface area contributed by atoms with Crippen molar-refractivity contribution in [1.82, 2.24) is 0 Å². The molecule has 51 heavy (non-hydrogen) atoms. The summed E-state index contributed by atoms with van der Waals surface area (Å²) in [4.78, 5) is 12.7. The van der Waals surface area contributed by atoms with E-state index in [-0.39, 0.29) is 13.0 Å². The largest absolute Gasteiger partial charge is 0.453 e. The van der Waals surface area contributed by atoms with Gasteiger partial charge in [-0.25, -0.2) is 4.79 Å². The number of carbonyl (C=O) groups is 1. The Hall–Kier alpha value is -3.97. The third-order valence-electron chi connectivity index (χ3n) is 9.02. The molecule has 10 nitrogen and oxygen atoms in total. The topological polar surface area (TPSA) is 111 Å². The van der Waals surface area contributed by atoms with Gasteiger partial charge in [-0.2, -0.15) is 0 Å². The minimum atomic E-state index is -1.01. The van der Waals surface area contributed by atoms with Crippen molar-refractivity contribution in [2.75, 3.05) is 13.7 Å². The molecule has 0 spiro atoms. The monoisotopic (exact) mass is 698 g/mol. The molecule has 9 atom stereocenters. The van der Waals surface area contributed by atoms with E-state index in [0.717, 1.165) is 16.7 Å². The smallest absolute Gasteiger partial charge is 0.338 e. The first-order valence-corrected chi connectivity index (χ1v) is 17.3. The number of rotatable bonds is 15. The van der Waals surface area contributed by atoms with Crippen LogP contribution in [0.1, 0.15) is 40.4 Å². The zero-order chi connectivity index (χ0) is 35.4. The molecule has 0 aliphatic carbocycles. The number of carbonyl (C=O) groups excluding carboxylic acids is 1. The summed E-state index contributed by atoms with van der Waals surface area (Å²) in [6.07, 6.45) is -6.60. The first-order valence-electron chi connectivity index (χ1n) is 17.3. The van der Waals surface area contributed by atoms with Crippen molar-refractivity contribution in [3.63, 3.8) is 0 Å². The van der Waals surface area contributed by atoms with Crippen LogP contribution in [-0.2, 0) is 57.7 Å². The predicted molar refractivity (Wildman–Crippen MR) is 187 cm³/mol. The zero-order valence-corrected chi connectivity index (χ0v) is 28.9. The van der Waals surface area contributed by atoms with Crippen molar-refractivity contribution in [2.24, 2.45) is 0 Å². The Morgan fingerprint density at radius 1 is 0.647 bits per heavy atom. The van der Waals surface area contributed by atoms with Crippen LogP contribution < -0.4 is 0 Å². The van der Waals surface area contributed by atoms with Crippen molar-refractivity contribution >= 4 is 5.97 Å². The molecule has 2 aliphatic rings. The molecule has 2 heterocycles. The molecule has 0 saturated carbocycles. The molecule has 10 heteroatoms. The maximum Gasteiger partial charge on any atom is 0.338 e. The average molecular weight is 699 g/mol. The Labute approximate surface area is 299 Å². The Bertz CT molecular complexity index is 1580. The Morgan fingerprint density at radius 3 is 1.65 bits per heavy atom. The molecule has 2 fully saturated rings. The fraction of sp³-hybridized carbons (Fsp3) is 0.390. The lowest BCUT2D eigenvalue weighted by molar-refractivity contribution is -0.331. The number of ether oxygens (including phenoxy) is 8. The van der Waals surface area contributed by atoms with Crippen molar-refractivity contribution < 1.29 is 47.8 Å². The summed E-state index contributed by atoms with van der Waals surface area (Å²) >= 11 is 0. The molecule has 0 aromatic heterocycles. The number of esters is 1. The van der Waals surface area contributed by atoms with Crippen molar-refractivity contribution in [3.05, 3.63) is 144 Å². The number of benzene rings is 4. The maximum absolute atomic E-state index is 12.7. The Morgan fingerprint density at radius 2 is 1.14 bits per heavy atom. The van der Waals surface area contributed by atoms with E-state index >= 15 is 0 Å². The second-order valence-electron chi connectivity index (χ2n) is 12.7. The summed E-state index contributed by atoms with van der Waals surface area (Å²) in [6, 6.07) is 38.3. The van der Waals surface area contributed by atoms with Crippen LogP contribution in [0.2, 0.25) is 0 Å². The summed E-state index contributed by atoms with van der Waals surface area (Å²) in [6.45, 7) is 2.70. The SMILES string of the molecule is CO[C@H]1O[C@H](CO[C@H]2C[C@@H](O)[C@H](OC(=O)c3ccccc3)[C@@H](C)O2)[C@@H](OCc2ccccc2)[C@H](OCc2ccccc2)[C@H]1OCc1ccccc1. The number of hydrogen-bond acceptors (Lipinski definition) is 10. The predicted octanol–water partition coefficient (Wildman–Crippen LogP) is 5.85. The van der Waals surface area contributed by atoms with Gasteiger partial charge in [-0.3, -0.25) is 0 Å². The van der Waals surface area contributed by atoms with Crippen LogP contribution in [0.3, 0.4) is 0 Å². The van der Waals surface area contributed by atoms with Gasteiger partial charge in [0.1, 0.15) is 24.4 Å². The zero-order valence-electron chi connectivity index (χ0n) is 28.9. The minimum Gasteiger partial charge on any atom is -0.453 e. The van der Waals surface area contributed by atoms with Gasteiger partial charge in [0, 0.05) is 13.5 Å². The molecule has 270 valence electrons. The normalized spacial score (nSPS) is 27.9. The summed E-state index contributed by atoms with van der Waals surface area (Å²) in [5.74, 6) is -0.528. The van der Waals surface area contributed by atoms with Crippen LogP contribution >= 0.6 is 0 Å². The second kappa shape index (κ2) is 18.5. The van der Waals surface area contributed by atoms with Gasteiger partial charge in [0.15, 0.2) is 18.7 Å². The summed E-state index contributed by atoms with van der Waals surface area (Å²) in [7, 11) is 1.57. The summed E-state index contributed by atoms with van der Waals surface area (Å²) in [5, 5.41) is 11.0. The molecule has 0 bridgehead atoms. The van der Waals surface area contributed by atoms with Crippen molar-refractivity contribution in [2.45, 2.75) is 88.5 Å². The highest BCUT2D eigenvalue weighted by Crippen LogP contribution is 2.32. The standard InChI is InChI=1S/C41H46O10/c1-28-36(51-40(43)32-21-13-6-14-22-32)33(42)23-35(49-28)45-27-34-37(46-24-29-15-7-3-8-16-29)38(47-25-30-17-9-4-10-18-30)39(41(44-2)50-34)48-26-31-19-11-5-12-20-31/h3-22,28,33-39,41-42H,23-27H2,1-2H3/t28-,33-,34-,35-,36-,37-,38+,39-,41+/m1/s1. The summed E-state index contributed by atoms with van der Waals surface area (Å²) < 4.78 is 50.2. The molecule has 0 radical (unpaired) electrons. The van der Waals surface area contributed by atoms with Crippen molar-refractivity contribution in [3.8, 4) is 0 Å². The first-order chi connectivity index (χ1) is 25.0. The molecular formula is C41H46O10. The van der Waals surface area contributed by atoms with Crippen LogP contribution in [0.15, 0.2) is 121 Å². The third-order valence-corrected chi connectivity index (χ3v) is 9.02. The second-order valence-corrected chi connectivity index (χ2v) is 12.7. The molecule has 2 aliphatic heterocycles. The number of aliphatic hydroxyl groups excluding tert-OH is 1. The lowest BCUT2D eigenvalue weighted by Gasteiger charge is -2.46. The van der Waals surface area contributed by atoms with E-state index in [4.69, 9.17) is 37.9 Å². The van der Waals surface area contributed by atoms with Crippen LogP contribution in [-0.4, -0.2) is 80.1 Å². The quantitative estimate of drug-likeness (QED) is 0.152. The summed E-state index contributed by atoms with van der Waals surface area (Å²) in [5.41, 5.74) is 3.37. The lowest BCUT2D eigenvalue weighted by atomic mass is 9.97. The van der Waals surface area contributed by atoms with E-state index < -0.39 is 61.3 Å². The van der Waals surface area contributed by atoms with E-state index in [2.05, 4.69) is 0 Å². The molecule has 2 saturated heterocycles. The van der Waals surface area contributed by atoms with Gasteiger partial charge in [0.05, 0.1) is 44.2 Å². The van der Waals surface area contributed by atoms with Crippen LogP contribution in [0.4, 0.5) is 0 Å². The van der Waals surface area contributed by atoms with Gasteiger partial charge in [0.25, 0.3) is 0 Å². The fourth-order valence-corrected chi connectivity index (χ4v) is 6.34. The van der Waals surface area contributed by atoms with Crippen LogP contribution in [0.5, 0.6) is 0 Å². The lowest BCUT2D eigenvalue weighted by Crippen LogP contribution is -2.62. The van der Waals surface area contributed by atoms with Crippen LogP contribution in [0.25, 0.3) is 0 Å². The molecule has 0 amide bonds.